The number of amides is 1. The Morgan fingerprint density at radius 3 is 2.84 bits per heavy atom. The molecule has 25 heavy (non-hydrogen) atoms. The molecule has 1 amide bonds. The summed E-state index contributed by atoms with van der Waals surface area (Å²) in [4.78, 5) is 18.1. The Hall–Kier alpha value is -2.53. The minimum atomic E-state index is -0.230. The van der Waals surface area contributed by atoms with E-state index in [-0.39, 0.29) is 23.7 Å². The highest BCUT2D eigenvalue weighted by Crippen LogP contribution is 2.36. The third kappa shape index (κ3) is 4.31. The van der Waals surface area contributed by atoms with E-state index < -0.39 is 0 Å². The second-order valence-corrected chi connectivity index (χ2v) is 6.31. The average Bonchev–Trinajstić information content (AvgIpc) is 2.91. The lowest BCUT2D eigenvalue weighted by atomic mass is 9.95. The fraction of sp³-hybridized carbons (Fsp3) is 0.300. The van der Waals surface area contributed by atoms with Gasteiger partial charge < -0.3 is 10.2 Å². The molecule has 2 aromatic rings. The van der Waals surface area contributed by atoms with Crippen molar-refractivity contribution in [1.82, 2.24) is 15.2 Å². The Morgan fingerprint density at radius 2 is 2.12 bits per heavy atom. The first kappa shape index (κ1) is 17.3. The van der Waals surface area contributed by atoms with Gasteiger partial charge in [0.15, 0.2) is 0 Å². The van der Waals surface area contributed by atoms with E-state index in [1.807, 2.05) is 42.4 Å². The van der Waals surface area contributed by atoms with Gasteiger partial charge in [0.1, 0.15) is 5.82 Å². The van der Waals surface area contributed by atoms with Gasteiger partial charge in [0, 0.05) is 44.9 Å². The number of hydrogen-bond donors (Lipinski definition) is 1. The zero-order valence-electron chi connectivity index (χ0n) is 14.2. The van der Waals surface area contributed by atoms with Crippen molar-refractivity contribution in [1.29, 1.82) is 0 Å². The number of pyridine rings is 1. The van der Waals surface area contributed by atoms with Crippen molar-refractivity contribution >= 4 is 12.0 Å². The molecule has 0 saturated carbocycles. The van der Waals surface area contributed by atoms with Crippen LogP contribution >= 0.6 is 0 Å². The molecule has 1 aliphatic heterocycles. The van der Waals surface area contributed by atoms with Gasteiger partial charge in [-0.25, -0.2) is 4.39 Å². The molecule has 0 aliphatic carbocycles. The quantitative estimate of drug-likeness (QED) is 0.823. The maximum atomic E-state index is 12.9. The third-order valence-electron chi connectivity index (χ3n) is 4.57. The molecule has 1 N–H and O–H groups in total. The lowest BCUT2D eigenvalue weighted by Crippen LogP contribution is -2.29. The van der Waals surface area contributed by atoms with Gasteiger partial charge in [-0.1, -0.05) is 30.4 Å². The Bertz CT molecular complexity index is 730. The van der Waals surface area contributed by atoms with Crippen LogP contribution in [0.4, 0.5) is 4.39 Å². The van der Waals surface area contributed by atoms with Crippen LogP contribution in [-0.4, -0.2) is 35.9 Å². The number of carbonyl (C=O) groups is 1. The van der Waals surface area contributed by atoms with Gasteiger partial charge in [0.2, 0.25) is 5.91 Å². The van der Waals surface area contributed by atoms with Gasteiger partial charge in [-0.15, -0.1) is 0 Å². The lowest BCUT2D eigenvalue weighted by Gasteiger charge is -2.25. The molecule has 1 aromatic heterocycles. The zero-order chi connectivity index (χ0) is 17.6. The van der Waals surface area contributed by atoms with E-state index in [4.69, 9.17) is 0 Å². The van der Waals surface area contributed by atoms with Gasteiger partial charge in [-0.2, -0.15) is 0 Å². The molecule has 0 unspecified atom stereocenters. The maximum absolute atomic E-state index is 12.9. The fourth-order valence-corrected chi connectivity index (χ4v) is 3.30. The Kier molecular flexibility index (Phi) is 5.56. The monoisotopic (exact) mass is 339 g/mol. The van der Waals surface area contributed by atoms with Crippen molar-refractivity contribution in [3.8, 4) is 0 Å². The molecule has 2 heterocycles. The molecule has 4 nitrogen and oxygen atoms in total. The standard InChI is InChI=1S/C20H22FN3O/c1-24-19(25)12-17(20(24)16-5-3-11-22-13-16)14-23-10-2-4-15-6-8-18(21)9-7-15/h2-9,11,13,17,20,23H,10,12,14H2,1H3/b4-2+/t17-,20-/m0/s1. The third-order valence-corrected chi connectivity index (χ3v) is 4.57. The molecule has 2 atom stereocenters. The minimum Gasteiger partial charge on any atom is -0.338 e. The van der Waals surface area contributed by atoms with Crippen molar-refractivity contribution in [2.24, 2.45) is 5.92 Å². The van der Waals surface area contributed by atoms with E-state index in [0.717, 1.165) is 17.7 Å². The average molecular weight is 339 g/mol. The Morgan fingerprint density at radius 1 is 1.32 bits per heavy atom. The summed E-state index contributed by atoms with van der Waals surface area (Å²) in [6.45, 7) is 1.45. The summed E-state index contributed by atoms with van der Waals surface area (Å²) < 4.78 is 12.9. The second-order valence-electron chi connectivity index (χ2n) is 6.31. The predicted octanol–water partition coefficient (Wildman–Crippen LogP) is 3.04. The van der Waals surface area contributed by atoms with Crippen LogP contribution in [-0.2, 0) is 4.79 Å². The summed E-state index contributed by atoms with van der Waals surface area (Å²) in [5.74, 6) is 0.162. The number of halogens is 1. The summed E-state index contributed by atoms with van der Waals surface area (Å²) in [5.41, 5.74) is 2.04. The molecule has 1 aromatic carbocycles. The number of likely N-dealkylation sites (tertiary alicyclic amines) is 1. The summed E-state index contributed by atoms with van der Waals surface area (Å²) in [7, 11) is 1.86. The van der Waals surface area contributed by atoms with Gasteiger partial charge in [0.05, 0.1) is 6.04 Å². The SMILES string of the molecule is CN1C(=O)C[C@@H](CNC/C=C/c2ccc(F)cc2)[C@@H]1c1cccnc1. The van der Waals surface area contributed by atoms with E-state index in [1.165, 1.54) is 12.1 Å². The van der Waals surface area contributed by atoms with Crippen LogP contribution in [0.15, 0.2) is 54.9 Å². The molecule has 5 heteroatoms. The normalized spacial score (nSPS) is 20.6. The lowest BCUT2D eigenvalue weighted by molar-refractivity contribution is -0.127. The van der Waals surface area contributed by atoms with E-state index in [2.05, 4.69) is 10.3 Å². The Labute approximate surface area is 147 Å². The van der Waals surface area contributed by atoms with Crippen molar-refractivity contribution in [3.63, 3.8) is 0 Å². The van der Waals surface area contributed by atoms with Gasteiger partial charge >= 0.3 is 0 Å². The highest BCUT2D eigenvalue weighted by atomic mass is 19.1. The van der Waals surface area contributed by atoms with E-state index >= 15 is 0 Å². The van der Waals surface area contributed by atoms with E-state index in [9.17, 15) is 9.18 Å². The summed E-state index contributed by atoms with van der Waals surface area (Å²) >= 11 is 0. The topological polar surface area (TPSA) is 45.2 Å². The molecule has 1 aliphatic rings. The molecule has 0 radical (unpaired) electrons. The van der Waals surface area contributed by atoms with E-state index in [0.29, 0.717) is 13.0 Å². The zero-order valence-corrected chi connectivity index (χ0v) is 14.2. The highest BCUT2D eigenvalue weighted by Gasteiger charge is 2.38. The number of nitrogens with one attached hydrogen (secondary N) is 1. The van der Waals surface area contributed by atoms with Crippen molar-refractivity contribution in [3.05, 3.63) is 71.8 Å². The van der Waals surface area contributed by atoms with Crippen LogP contribution in [0, 0.1) is 11.7 Å². The number of aromatic nitrogens is 1. The second kappa shape index (κ2) is 8.03. The minimum absolute atomic E-state index is 0.0646. The number of carbonyl (C=O) groups excluding carboxylic acids is 1. The van der Waals surface area contributed by atoms with Crippen LogP contribution in [0.2, 0.25) is 0 Å². The van der Waals surface area contributed by atoms with Gasteiger partial charge in [-0.3, -0.25) is 9.78 Å². The first-order valence-corrected chi connectivity index (χ1v) is 8.43. The Balaban J connectivity index is 1.54. The van der Waals surface area contributed by atoms with Crippen LogP contribution in [0.1, 0.15) is 23.6 Å². The summed E-state index contributed by atoms with van der Waals surface area (Å²) in [5, 5.41) is 3.39. The molecular weight excluding hydrogens is 317 g/mol. The van der Waals surface area contributed by atoms with Crippen LogP contribution < -0.4 is 5.32 Å². The number of nitrogens with zero attached hydrogens (tertiary/aromatic N) is 2. The fourth-order valence-electron chi connectivity index (χ4n) is 3.30. The summed E-state index contributed by atoms with van der Waals surface area (Å²) in [6, 6.07) is 10.4. The molecule has 0 spiro atoms. The first-order valence-electron chi connectivity index (χ1n) is 8.43. The molecule has 130 valence electrons. The van der Waals surface area contributed by atoms with Crippen molar-refractivity contribution < 1.29 is 9.18 Å². The molecule has 0 bridgehead atoms. The number of hydrogen-bond acceptors (Lipinski definition) is 3. The largest absolute Gasteiger partial charge is 0.338 e. The number of rotatable bonds is 6. The summed E-state index contributed by atoms with van der Waals surface area (Å²) in [6.07, 6.45) is 8.09. The van der Waals surface area contributed by atoms with Crippen LogP contribution in [0.3, 0.4) is 0 Å². The van der Waals surface area contributed by atoms with Crippen LogP contribution in [0.25, 0.3) is 6.08 Å². The molecule has 3 rings (SSSR count). The molecular formula is C20H22FN3O. The van der Waals surface area contributed by atoms with Crippen LogP contribution in [0.5, 0.6) is 0 Å². The van der Waals surface area contributed by atoms with Crippen molar-refractivity contribution in [2.75, 3.05) is 20.1 Å². The predicted molar refractivity (Wildman–Crippen MR) is 96.2 cm³/mol. The number of benzene rings is 1. The maximum Gasteiger partial charge on any atom is 0.223 e. The van der Waals surface area contributed by atoms with Crippen molar-refractivity contribution in [2.45, 2.75) is 12.5 Å². The highest BCUT2D eigenvalue weighted by molar-refractivity contribution is 5.79. The smallest absolute Gasteiger partial charge is 0.223 e. The van der Waals surface area contributed by atoms with Gasteiger partial charge in [-0.05, 0) is 29.3 Å². The molecule has 1 saturated heterocycles. The van der Waals surface area contributed by atoms with Gasteiger partial charge in [0.25, 0.3) is 0 Å². The van der Waals surface area contributed by atoms with E-state index in [1.54, 1.807) is 18.3 Å². The first-order chi connectivity index (χ1) is 12.1. The molecule has 1 fully saturated rings.